The van der Waals surface area contributed by atoms with E-state index < -0.39 is 23.9 Å². The highest BCUT2D eigenvalue weighted by Gasteiger charge is 2.28. The number of nitrogens with one attached hydrogen (secondary N) is 1. The molecule has 0 aliphatic rings. The molecule has 1 amide bonds. The number of thioether (sulfide) groups is 1. The lowest BCUT2D eigenvalue weighted by Crippen LogP contribution is -2.37. The Morgan fingerprint density at radius 2 is 1.94 bits per heavy atom. The zero-order valence-electron chi connectivity index (χ0n) is 9.42. The normalized spacial score (nSPS) is 13.2. The lowest BCUT2D eigenvalue weighted by molar-refractivity contribution is -0.137. The van der Waals surface area contributed by atoms with E-state index in [-0.39, 0.29) is 0 Å². The maximum atomic E-state index is 11.9. The Morgan fingerprint density at radius 1 is 1.39 bits per heavy atom. The van der Waals surface area contributed by atoms with E-state index in [9.17, 15) is 18.0 Å². The molecule has 18 heavy (non-hydrogen) atoms. The van der Waals surface area contributed by atoms with Gasteiger partial charge in [-0.3, -0.25) is 4.79 Å². The first-order valence-corrected chi connectivity index (χ1v) is 6.30. The molecule has 1 N–H and O–H groups in total. The summed E-state index contributed by atoms with van der Waals surface area (Å²) in [5.41, 5.74) is 0. The van der Waals surface area contributed by atoms with Crippen LogP contribution in [0.25, 0.3) is 0 Å². The SMILES string of the molecule is CC(Sc1ccc(Cl)cc1)C(=O)NCC(F)(F)F. The summed E-state index contributed by atoms with van der Waals surface area (Å²) >= 11 is 6.87. The summed E-state index contributed by atoms with van der Waals surface area (Å²) in [6, 6.07) is 6.73. The van der Waals surface area contributed by atoms with Crippen LogP contribution in [-0.4, -0.2) is 23.9 Å². The summed E-state index contributed by atoms with van der Waals surface area (Å²) in [4.78, 5) is 12.2. The van der Waals surface area contributed by atoms with Gasteiger partial charge in [0.25, 0.3) is 0 Å². The Morgan fingerprint density at radius 3 is 2.44 bits per heavy atom. The van der Waals surface area contributed by atoms with E-state index in [1.807, 2.05) is 5.32 Å². The molecule has 0 aliphatic carbocycles. The van der Waals surface area contributed by atoms with Crippen molar-refractivity contribution >= 4 is 29.3 Å². The number of rotatable bonds is 4. The number of halogens is 4. The molecule has 0 saturated heterocycles. The van der Waals surface area contributed by atoms with Crippen molar-refractivity contribution < 1.29 is 18.0 Å². The second-order valence-corrected chi connectivity index (χ2v) is 5.40. The second kappa shape index (κ2) is 6.33. The van der Waals surface area contributed by atoms with Gasteiger partial charge in [0.15, 0.2) is 0 Å². The Kier molecular flexibility index (Phi) is 5.34. The third-order valence-corrected chi connectivity index (χ3v) is 3.32. The molecule has 1 unspecified atom stereocenters. The molecule has 0 heterocycles. The monoisotopic (exact) mass is 297 g/mol. The molecule has 2 nitrogen and oxygen atoms in total. The lowest BCUT2D eigenvalue weighted by Gasteiger charge is -2.13. The van der Waals surface area contributed by atoms with Gasteiger partial charge in [-0.05, 0) is 31.2 Å². The second-order valence-electron chi connectivity index (χ2n) is 3.55. The van der Waals surface area contributed by atoms with Crippen LogP contribution in [0.15, 0.2) is 29.2 Å². The minimum absolute atomic E-state index is 0.563. The minimum atomic E-state index is -4.39. The van der Waals surface area contributed by atoms with Crippen LogP contribution in [0.4, 0.5) is 13.2 Å². The molecule has 1 rings (SSSR count). The third kappa shape index (κ3) is 5.64. The van der Waals surface area contributed by atoms with Crippen LogP contribution in [-0.2, 0) is 4.79 Å². The standard InChI is InChI=1S/C11H11ClF3NOS/c1-7(10(17)16-6-11(13,14)15)18-9-4-2-8(12)3-5-9/h2-5,7H,6H2,1H3,(H,16,17). The summed E-state index contributed by atoms with van der Waals surface area (Å²) in [6.07, 6.45) is -4.39. The number of carbonyl (C=O) groups is 1. The lowest BCUT2D eigenvalue weighted by atomic mass is 10.4. The third-order valence-electron chi connectivity index (χ3n) is 1.96. The first-order chi connectivity index (χ1) is 8.28. The summed E-state index contributed by atoms with van der Waals surface area (Å²) in [7, 11) is 0. The van der Waals surface area contributed by atoms with Crippen LogP contribution in [0.2, 0.25) is 5.02 Å². The number of carbonyl (C=O) groups excluding carboxylic acids is 1. The number of hydrogen-bond acceptors (Lipinski definition) is 2. The molecule has 100 valence electrons. The quantitative estimate of drug-likeness (QED) is 0.862. The van der Waals surface area contributed by atoms with E-state index in [0.29, 0.717) is 5.02 Å². The van der Waals surface area contributed by atoms with Gasteiger partial charge in [0.1, 0.15) is 6.54 Å². The molecular formula is C11H11ClF3NOS. The van der Waals surface area contributed by atoms with Gasteiger partial charge in [-0.25, -0.2) is 0 Å². The maximum absolute atomic E-state index is 11.9. The fourth-order valence-corrected chi connectivity index (χ4v) is 2.12. The predicted octanol–water partition coefficient (Wildman–Crippen LogP) is 3.50. The van der Waals surface area contributed by atoms with Crippen LogP contribution in [0.1, 0.15) is 6.92 Å². The first-order valence-electron chi connectivity index (χ1n) is 5.04. The maximum Gasteiger partial charge on any atom is 0.405 e. The highest BCUT2D eigenvalue weighted by atomic mass is 35.5. The zero-order valence-corrected chi connectivity index (χ0v) is 11.0. The molecule has 0 fully saturated rings. The van der Waals surface area contributed by atoms with E-state index in [0.717, 1.165) is 4.90 Å². The summed E-state index contributed by atoms with van der Waals surface area (Å²) in [5.74, 6) is -0.646. The van der Waals surface area contributed by atoms with Gasteiger partial charge in [0, 0.05) is 9.92 Å². The molecule has 7 heteroatoms. The average Bonchev–Trinajstić information content (AvgIpc) is 2.28. The molecular weight excluding hydrogens is 287 g/mol. The largest absolute Gasteiger partial charge is 0.405 e. The van der Waals surface area contributed by atoms with Gasteiger partial charge in [-0.15, -0.1) is 11.8 Å². The number of hydrogen-bond donors (Lipinski definition) is 1. The number of benzene rings is 1. The van der Waals surface area contributed by atoms with Crippen LogP contribution in [0.5, 0.6) is 0 Å². The van der Waals surface area contributed by atoms with Gasteiger partial charge >= 0.3 is 6.18 Å². The van der Waals surface area contributed by atoms with Gasteiger partial charge in [0.05, 0.1) is 5.25 Å². The van der Waals surface area contributed by atoms with Crippen LogP contribution >= 0.6 is 23.4 Å². The fraction of sp³-hybridized carbons (Fsp3) is 0.364. The van der Waals surface area contributed by atoms with E-state index in [1.54, 1.807) is 31.2 Å². The summed E-state index contributed by atoms with van der Waals surface area (Å²) in [5, 5.41) is 1.80. The molecule has 1 atom stereocenters. The average molecular weight is 298 g/mol. The van der Waals surface area contributed by atoms with Gasteiger partial charge < -0.3 is 5.32 Å². The zero-order chi connectivity index (χ0) is 13.8. The van der Waals surface area contributed by atoms with E-state index in [4.69, 9.17) is 11.6 Å². The van der Waals surface area contributed by atoms with Gasteiger partial charge in [0.2, 0.25) is 5.91 Å². The van der Waals surface area contributed by atoms with Crippen molar-refractivity contribution in [3.63, 3.8) is 0 Å². The van der Waals surface area contributed by atoms with Crippen molar-refractivity contribution in [2.45, 2.75) is 23.2 Å². The smallest absolute Gasteiger partial charge is 0.346 e. The minimum Gasteiger partial charge on any atom is -0.346 e. The Balaban J connectivity index is 2.47. The van der Waals surface area contributed by atoms with E-state index >= 15 is 0 Å². The Labute approximate surface area is 112 Å². The van der Waals surface area contributed by atoms with Gasteiger partial charge in [-0.2, -0.15) is 13.2 Å². The predicted molar refractivity (Wildman–Crippen MR) is 65.8 cm³/mol. The fourth-order valence-electron chi connectivity index (χ4n) is 1.10. The van der Waals surface area contributed by atoms with Crippen LogP contribution < -0.4 is 5.32 Å². The molecule has 0 aliphatic heterocycles. The molecule has 0 bridgehead atoms. The topological polar surface area (TPSA) is 29.1 Å². The Bertz CT molecular complexity index is 408. The van der Waals surface area contributed by atoms with Crippen LogP contribution in [0, 0.1) is 0 Å². The highest BCUT2D eigenvalue weighted by Crippen LogP contribution is 2.25. The van der Waals surface area contributed by atoms with Crippen molar-refractivity contribution in [3.05, 3.63) is 29.3 Å². The van der Waals surface area contributed by atoms with Crippen molar-refractivity contribution in [2.75, 3.05) is 6.54 Å². The van der Waals surface area contributed by atoms with Gasteiger partial charge in [-0.1, -0.05) is 11.6 Å². The van der Waals surface area contributed by atoms with Crippen LogP contribution in [0.3, 0.4) is 0 Å². The molecule has 0 saturated carbocycles. The summed E-state index contributed by atoms with van der Waals surface area (Å²) < 4.78 is 35.7. The molecule has 1 aromatic rings. The molecule has 0 spiro atoms. The van der Waals surface area contributed by atoms with E-state index in [1.165, 1.54) is 11.8 Å². The van der Waals surface area contributed by atoms with Crippen molar-refractivity contribution in [1.82, 2.24) is 5.32 Å². The highest BCUT2D eigenvalue weighted by molar-refractivity contribution is 8.00. The molecule has 0 radical (unpaired) electrons. The molecule has 1 aromatic carbocycles. The van der Waals surface area contributed by atoms with E-state index in [2.05, 4.69) is 0 Å². The number of amides is 1. The van der Waals surface area contributed by atoms with Crippen molar-refractivity contribution in [3.8, 4) is 0 Å². The first kappa shape index (κ1) is 15.2. The summed E-state index contributed by atoms with van der Waals surface area (Å²) in [6.45, 7) is 0.238. The van der Waals surface area contributed by atoms with Crippen molar-refractivity contribution in [1.29, 1.82) is 0 Å². The molecule has 0 aromatic heterocycles. The van der Waals surface area contributed by atoms with Crippen molar-refractivity contribution in [2.24, 2.45) is 0 Å². The Hall–Kier alpha value is -0.880. The number of alkyl halides is 3.